The van der Waals surface area contributed by atoms with Crippen LogP contribution in [0, 0.1) is 12.0 Å². The van der Waals surface area contributed by atoms with Crippen molar-refractivity contribution in [1.29, 1.82) is 0 Å². The molecule has 1 N–H and O–H groups in total. The van der Waals surface area contributed by atoms with E-state index in [1.54, 1.807) is 20.8 Å². The molecule has 0 aliphatic heterocycles. The van der Waals surface area contributed by atoms with Gasteiger partial charge in [0.15, 0.2) is 6.61 Å². The lowest BCUT2D eigenvalue weighted by Gasteiger charge is -2.15. The average Bonchev–Trinajstić information content (AvgIpc) is 1.80. The van der Waals surface area contributed by atoms with Crippen molar-refractivity contribution in [3.63, 3.8) is 0 Å². The molecular formula is C7H13O3. The SMILES string of the molecule is CC(C)(C)C(=O)O[CH]CO. The Labute approximate surface area is 61.0 Å². The van der Waals surface area contributed by atoms with Gasteiger partial charge in [-0.25, -0.2) is 0 Å². The van der Waals surface area contributed by atoms with E-state index in [0.717, 1.165) is 6.61 Å². The molecule has 0 aliphatic carbocycles. The maximum Gasteiger partial charge on any atom is 0.311 e. The minimum Gasteiger partial charge on any atom is -0.455 e. The lowest BCUT2D eigenvalue weighted by Crippen LogP contribution is -2.22. The number of rotatable bonds is 2. The molecular weight excluding hydrogens is 132 g/mol. The summed E-state index contributed by atoms with van der Waals surface area (Å²) < 4.78 is 4.54. The Morgan fingerprint density at radius 3 is 2.40 bits per heavy atom. The summed E-state index contributed by atoms with van der Waals surface area (Å²) in [6.45, 7) is 6.09. The lowest BCUT2D eigenvalue weighted by molar-refractivity contribution is -0.149. The van der Waals surface area contributed by atoms with E-state index in [1.165, 1.54) is 0 Å². The Morgan fingerprint density at radius 1 is 1.60 bits per heavy atom. The summed E-state index contributed by atoms with van der Waals surface area (Å²) in [5.41, 5.74) is -0.494. The Balaban J connectivity index is 3.64. The van der Waals surface area contributed by atoms with Gasteiger partial charge in [0, 0.05) is 0 Å². The van der Waals surface area contributed by atoms with E-state index in [0.29, 0.717) is 0 Å². The molecule has 0 bridgehead atoms. The van der Waals surface area contributed by atoms with Crippen LogP contribution in [-0.2, 0) is 9.53 Å². The highest BCUT2D eigenvalue weighted by atomic mass is 16.5. The van der Waals surface area contributed by atoms with Gasteiger partial charge in [-0.3, -0.25) is 4.79 Å². The minimum absolute atomic E-state index is 0.234. The molecule has 0 aromatic rings. The predicted octanol–water partition coefficient (Wildman–Crippen LogP) is 0.730. The topological polar surface area (TPSA) is 46.5 Å². The highest BCUT2D eigenvalue weighted by Crippen LogP contribution is 2.15. The monoisotopic (exact) mass is 145 g/mol. The van der Waals surface area contributed by atoms with Crippen molar-refractivity contribution in [2.75, 3.05) is 6.61 Å². The van der Waals surface area contributed by atoms with Gasteiger partial charge in [-0.1, -0.05) is 0 Å². The van der Waals surface area contributed by atoms with E-state index in [4.69, 9.17) is 5.11 Å². The summed E-state index contributed by atoms with van der Waals surface area (Å²) in [6.07, 6.45) is 0. The molecule has 0 heterocycles. The van der Waals surface area contributed by atoms with Crippen molar-refractivity contribution in [1.82, 2.24) is 0 Å². The molecule has 3 nitrogen and oxygen atoms in total. The van der Waals surface area contributed by atoms with Crippen molar-refractivity contribution in [2.45, 2.75) is 20.8 Å². The minimum atomic E-state index is -0.494. The van der Waals surface area contributed by atoms with E-state index >= 15 is 0 Å². The fourth-order valence-electron chi connectivity index (χ4n) is 0.290. The van der Waals surface area contributed by atoms with Gasteiger partial charge in [-0.05, 0) is 20.8 Å². The summed E-state index contributed by atoms with van der Waals surface area (Å²) in [4.78, 5) is 10.9. The third kappa shape index (κ3) is 3.45. The first kappa shape index (κ1) is 9.43. The van der Waals surface area contributed by atoms with Crippen molar-refractivity contribution >= 4 is 5.97 Å². The van der Waals surface area contributed by atoms with E-state index in [2.05, 4.69) is 4.74 Å². The first-order valence-electron chi connectivity index (χ1n) is 3.12. The fourth-order valence-corrected chi connectivity index (χ4v) is 0.290. The molecule has 1 radical (unpaired) electrons. The highest BCUT2D eigenvalue weighted by molar-refractivity contribution is 5.75. The molecule has 0 amide bonds. The fraction of sp³-hybridized carbons (Fsp3) is 0.714. The van der Waals surface area contributed by atoms with Crippen molar-refractivity contribution < 1.29 is 14.6 Å². The highest BCUT2D eigenvalue weighted by Gasteiger charge is 2.22. The van der Waals surface area contributed by atoms with Crippen LogP contribution in [0.25, 0.3) is 0 Å². The Hall–Kier alpha value is -0.570. The lowest BCUT2D eigenvalue weighted by atomic mass is 9.97. The van der Waals surface area contributed by atoms with Gasteiger partial charge in [0.05, 0.1) is 12.0 Å². The summed E-state index contributed by atoms with van der Waals surface area (Å²) in [7, 11) is 0. The first-order chi connectivity index (χ1) is 4.48. The maximum atomic E-state index is 10.9. The molecule has 3 heteroatoms. The summed E-state index contributed by atoms with van der Waals surface area (Å²) in [5.74, 6) is -0.332. The smallest absolute Gasteiger partial charge is 0.311 e. The molecule has 0 rings (SSSR count). The largest absolute Gasteiger partial charge is 0.455 e. The van der Waals surface area contributed by atoms with Crippen LogP contribution in [0.15, 0.2) is 0 Å². The van der Waals surface area contributed by atoms with Crippen LogP contribution in [0.3, 0.4) is 0 Å². The molecule has 0 aliphatic rings. The van der Waals surface area contributed by atoms with Crippen LogP contribution in [-0.4, -0.2) is 17.7 Å². The third-order valence-corrected chi connectivity index (χ3v) is 0.877. The molecule has 0 fully saturated rings. The molecule has 0 aromatic carbocycles. The zero-order valence-electron chi connectivity index (χ0n) is 6.55. The van der Waals surface area contributed by atoms with E-state index in [9.17, 15) is 4.79 Å². The Bertz CT molecular complexity index is 113. The molecule has 0 unspecified atom stereocenters. The van der Waals surface area contributed by atoms with Crippen LogP contribution in [0.2, 0.25) is 0 Å². The number of hydrogen-bond donors (Lipinski definition) is 1. The standard InChI is InChI=1S/C7H13O3/c1-7(2,3)6(9)10-5-4-8/h5,8H,4H2,1-3H3. The zero-order valence-corrected chi connectivity index (χ0v) is 6.55. The van der Waals surface area contributed by atoms with E-state index in [1.807, 2.05) is 0 Å². The summed E-state index contributed by atoms with van der Waals surface area (Å²) in [6, 6.07) is 0. The van der Waals surface area contributed by atoms with Gasteiger partial charge < -0.3 is 9.84 Å². The van der Waals surface area contributed by atoms with Crippen molar-refractivity contribution in [2.24, 2.45) is 5.41 Å². The second-order valence-electron chi connectivity index (χ2n) is 3.00. The van der Waals surface area contributed by atoms with Crippen molar-refractivity contribution in [3.8, 4) is 0 Å². The first-order valence-corrected chi connectivity index (χ1v) is 3.12. The van der Waals surface area contributed by atoms with Gasteiger partial charge in [0.2, 0.25) is 0 Å². The van der Waals surface area contributed by atoms with Gasteiger partial charge >= 0.3 is 5.97 Å². The van der Waals surface area contributed by atoms with E-state index < -0.39 is 5.41 Å². The second kappa shape index (κ2) is 3.56. The number of hydrogen-bond acceptors (Lipinski definition) is 3. The van der Waals surface area contributed by atoms with E-state index in [-0.39, 0.29) is 12.6 Å². The Kier molecular flexibility index (Phi) is 3.36. The molecule has 0 atom stereocenters. The van der Waals surface area contributed by atoms with Crippen LogP contribution in [0.4, 0.5) is 0 Å². The Morgan fingerprint density at radius 2 is 2.10 bits per heavy atom. The zero-order chi connectivity index (χ0) is 8.20. The van der Waals surface area contributed by atoms with Crippen LogP contribution < -0.4 is 0 Å². The predicted molar refractivity (Wildman–Crippen MR) is 36.9 cm³/mol. The van der Waals surface area contributed by atoms with Gasteiger partial charge in [0.25, 0.3) is 0 Å². The third-order valence-electron chi connectivity index (χ3n) is 0.877. The van der Waals surface area contributed by atoms with Crippen LogP contribution in [0.1, 0.15) is 20.8 Å². The van der Waals surface area contributed by atoms with Crippen molar-refractivity contribution in [3.05, 3.63) is 6.61 Å². The number of carbonyl (C=O) groups excluding carboxylic acids is 1. The normalized spacial score (nSPS) is 11.2. The number of aliphatic hydroxyl groups is 1. The molecule has 10 heavy (non-hydrogen) atoms. The van der Waals surface area contributed by atoms with Gasteiger partial charge in [0.1, 0.15) is 0 Å². The summed E-state index contributed by atoms with van der Waals surface area (Å²) >= 11 is 0. The van der Waals surface area contributed by atoms with Gasteiger partial charge in [-0.2, -0.15) is 0 Å². The second-order valence-corrected chi connectivity index (χ2v) is 3.00. The number of ether oxygens (including phenoxy) is 1. The molecule has 0 saturated heterocycles. The number of aliphatic hydroxyl groups excluding tert-OH is 1. The maximum absolute atomic E-state index is 10.9. The molecule has 59 valence electrons. The van der Waals surface area contributed by atoms with Crippen LogP contribution >= 0.6 is 0 Å². The number of esters is 1. The average molecular weight is 145 g/mol. The number of carbonyl (C=O) groups is 1. The van der Waals surface area contributed by atoms with Crippen LogP contribution in [0.5, 0.6) is 0 Å². The van der Waals surface area contributed by atoms with Gasteiger partial charge in [-0.15, -0.1) is 0 Å². The molecule has 0 saturated carbocycles. The quantitative estimate of drug-likeness (QED) is 0.583. The molecule has 0 aromatic heterocycles. The summed E-state index contributed by atoms with van der Waals surface area (Å²) in [5, 5.41) is 8.25. The molecule has 0 spiro atoms.